The summed E-state index contributed by atoms with van der Waals surface area (Å²) >= 11 is 0. The molecule has 0 aliphatic heterocycles. The number of rotatable bonds is 4. The summed E-state index contributed by atoms with van der Waals surface area (Å²) in [5.74, 6) is 0.330. The summed E-state index contributed by atoms with van der Waals surface area (Å²) in [6.45, 7) is 6.17. The van der Waals surface area contributed by atoms with Crippen molar-refractivity contribution in [3.05, 3.63) is 48.3 Å². The van der Waals surface area contributed by atoms with Gasteiger partial charge in [0.2, 0.25) is 0 Å². The molecule has 4 nitrogen and oxygen atoms in total. The van der Waals surface area contributed by atoms with E-state index in [1.54, 1.807) is 17.1 Å². The third-order valence-electron chi connectivity index (χ3n) is 3.22. The van der Waals surface area contributed by atoms with E-state index in [1.807, 2.05) is 37.3 Å². The van der Waals surface area contributed by atoms with Gasteiger partial charge in [0.25, 0.3) is 5.91 Å². The first-order valence-corrected chi connectivity index (χ1v) is 6.49. The Kier molecular flexibility index (Phi) is 4.00. The Morgan fingerprint density at radius 3 is 2.53 bits per heavy atom. The first-order valence-electron chi connectivity index (χ1n) is 6.49. The highest BCUT2D eigenvalue weighted by molar-refractivity contribution is 5.93. The SMILES string of the molecule is CC(C)[C@@H](C)NC(=O)c1cnn(-c2ccccc2)c1. The molecule has 0 spiro atoms. The average molecular weight is 257 g/mol. The van der Waals surface area contributed by atoms with Crippen LogP contribution in [0, 0.1) is 5.92 Å². The average Bonchev–Trinajstić information content (AvgIpc) is 2.89. The topological polar surface area (TPSA) is 46.9 Å². The van der Waals surface area contributed by atoms with Crippen molar-refractivity contribution >= 4 is 5.91 Å². The van der Waals surface area contributed by atoms with Gasteiger partial charge in [0, 0.05) is 12.2 Å². The lowest BCUT2D eigenvalue weighted by Gasteiger charge is -2.16. The Bertz CT molecular complexity index is 546. The van der Waals surface area contributed by atoms with Gasteiger partial charge in [0.1, 0.15) is 0 Å². The summed E-state index contributed by atoms with van der Waals surface area (Å²) in [5.41, 5.74) is 1.52. The molecule has 0 aliphatic rings. The second-order valence-corrected chi connectivity index (χ2v) is 5.02. The molecule has 0 unspecified atom stereocenters. The van der Waals surface area contributed by atoms with E-state index >= 15 is 0 Å². The second-order valence-electron chi connectivity index (χ2n) is 5.02. The fourth-order valence-corrected chi connectivity index (χ4v) is 1.62. The van der Waals surface area contributed by atoms with E-state index in [9.17, 15) is 4.79 Å². The number of para-hydroxylation sites is 1. The predicted molar refractivity (Wildman–Crippen MR) is 75.3 cm³/mol. The maximum absolute atomic E-state index is 12.0. The molecular weight excluding hydrogens is 238 g/mol. The van der Waals surface area contributed by atoms with Gasteiger partial charge in [-0.3, -0.25) is 4.79 Å². The third kappa shape index (κ3) is 3.22. The van der Waals surface area contributed by atoms with Crippen molar-refractivity contribution < 1.29 is 4.79 Å². The fraction of sp³-hybridized carbons (Fsp3) is 0.333. The van der Waals surface area contributed by atoms with Crippen LogP contribution in [0.25, 0.3) is 5.69 Å². The zero-order valence-electron chi connectivity index (χ0n) is 11.5. The van der Waals surface area contributed by atoms with Crippen LogP contribution in [0.1, 0.15) is 31.1 Å². The molecule has 0 saturated carbocycles. The highest BCUT2D eigenvalue weighted by Gasteiger charge is 2.14. The molecule has 0 saturated heterocycles. The van der Waals surface area contributed by atoms with Crippen LogP contribution in [0.3, 0.4) is 0 Å². The van der Waals surface area contributed by atoms with Gasteiger partial charge >= 0.3 is 0 Å². The molecule has 1 aromatic heterocycles. The number of amides is 1. The van der Waals surface area contributed by atoms with Crippen molar-refractivity contribution in [2.45, 2.75) is 26.8 Å². The lowest BCUT2D eigenvalue weighted by molar-refractivity contribution is 0.0930. The summed E-state index contributed by atoms with van der Waals surface area (Å²) in [4.78, 5) is 12.0. The number of nitrogens with zero attached hydrogens (tertiary/aromatic N) is 2. The van der Waals surface area contributed by atoms with E-state index in [2.05, 4.69) is 24.3 Å². The van der Waals surface area contributed by atoms with Gasteiger partial charge in [-0.15, -0.1) is 0 Å². The quantitative estimate of drug-likeness (QED) is 0.915. The molecule has 0 aliphatic carbocycles. The van der Waals surface area contributed by atoms with Crippen LogP contribution in [0.5, 0.6) is 0 Å². The summed E-state index contributed by atoms with van der Waals surface area (Å²) in [5, 5.41) is 7.18. The van der Waals surface area contributed by atoms with Gasteiger partial charge in [-0.2, -0.15) is 5.10 Å². The molecule has 100 valence electrons. The van der Waals surface area contributed by atoms with Crippen LogP contribution >= 0.6 is 0 Å². The molecule has 1 N–H and O–H groups in total. The van der Waals surface area contributed by atoms with E-state index in [-0.39, 0.29) is 11.9 Å². The van der Waals surface area contributed by atoms with Crippen molar-refractivity contribution in [2.24, 2.45) is 5.92 Å². The van der Waals surface area contributed by atoms with Gasteiger partial charge < -0.3 is 5.32 Å². The lowest BCUT2D eigenvalue weighted by atomic mass is 10.1. The van der Waals surface area contributed by atoms with Crippen LogP contribution in [-0.2, 0) is 0 Å². The predicted octanol–water partition coefficient (Wildman–Crippen LogP) is 2.65. The highest BCUT2D eigenvalue weighted by Crippen LogP contribution is 2.08. The van der Waals surface area contributed by atoms with E-state index in [1.165, 1.54) is 0 Å². The summed E-state index contributed by atoms with van der Waals surface area (Å²) in [7, 11) is 0. The van der Waals surface area contributed by atoms with Crippen LogP contribution in [0.2, 0.25) is 0 Å². The Morgan fingerprint density at radius 2 is 1.89 bits per heavy atom. The standard InChI is InChI=1S/C15H19N3O/c1-11(2)12(3)17-15(19)13-9-16-18(10-13)14-7-5-4-6-8-14/h4-12H,1-3H3,(H,17,19)/t12-/m1/s1. The normalized spacial score (nSPS) is 12.4. The smallest absolute Gasteiger partial charge is 0.254 e. The molecule has 2 aromatic rings. The summed E-state index contributed by atoms with van der Waals surface area (Å²) in [6, 6.07) is 9.88. The maximum atomic E-state index is 12.0. The van der Waals surface area contributed by atoms with Gasteiger partial charge in [-0.05, 0) is 25.0 Å². The molecule has 1 aromatic carbocycles. The Morgan fingerprint density at radius 1 is 1.21 bits per heavy atom. The Labute approximate surface area is 113 Å². The van der Waals surface area contributed by atoms with Gasteiger partial charge in [0.05, 0.1) is 17.4 Å². The third-order valence-corrected chi connectivity index (χ3v) is 3.22. The fourth-order valence-electron chi connectivity index (χ4n) is 1.62. The zero-order valence-corrected chi connectivity index (χ0v) is 11.5. The van der Waals surface area contributed by atoms with E-state index in [4.69, 9.17) is 0 Å². The van der Waals surface area contributed by atoms with Crippen LogP contribution in [0.4, 0.5) is 0 Å². The number of nitrogens with one attached hydrogen (secondary N) is 1. The number of hydrogen-bond acceptors (Lipinski definition) is 2. The van der Waals surface area contributed by atoms with Crippen molar-refractivity contribution in [3.63, 3.8) is 0 Å². The van der Waals surface area contributed by atoms with Gasteiger partial charge in [-0.1, -0.05) is 32.0 Å². The van der Waals surface area contributed by atoms with E-state index in [0.29, 0.717) is 11.5 Å². The minimum Gasteiger partial charge on any atom is -0.349 e. The van der Waals surface area contributed by atoms with Crippen molar-refractivity contribution in [3.8, 4) is 5.69 Å². The van der Waals surface area contributed by atoms with E-state index in [0.717, 1.165) is 5.69 Å². The monoisotopic (exact) mass is 257 g/mol. The molecule has 1 heterocycles. The molecular formula is C15H19N3O. The van der Waals surface area contributed by atoms with E-state index < -0.39 is 0 Å². The second kappa shape index (κ2) is 5.69. The van der Waals surface area contributed by atoms with Crippen LogP contribution in [-0.4, -0.2) is 21.7 Å². The minimum atomic E-state index is -0.0802. The highest BCUT2D eigenvalue weighted by atomic mass is 16.1. The number of aromatic nitrogens is 2. The maximum Gasteiger partial charge on any atom is 0.254 e. The minimum absolute atomic E-state index is 0.0802. The van der Waals surface area contributed by atoms with Gasteiger partial charge in [-0.25, -0.2) is 4.68 Å². The molecule has 0 radical (unpaired) electrons. The number of benzene rings is 1. The Balaban J connectivity index is 2.11. The van der Waals surface area contributed by atoms with Crippen LogP contribution < -0.4 is 5.32 Å². The largest absolute Gasteiger partial charge is 0.349 e. The first-order chi connectivity index (χ1) is 9.08. The van der Waals surface area contributed by atoms with Crippen LogP contribution in [0.15, 0.2) is 42.7 Å². The molecule has 1 amide bonds. The molecule has 1 atom stereocenters. The summed E-state index contributed by atoms with van der Waals surface area (Å²) < 4.78 is 1.70. The molecule has 19 heavy (non-hydrogen) atoms. The number of carbonyl (C=O) groups excluding carboxylic acids is 1. The molecule has 0 fully saturated rings. The first kappa shape index (κ1) is 13.3. The molecule has 0 bridgehead atoms. The molecule has 2 rings (SSSR count). The van der Waals surface area contributed by atoms with Gasteiger partial charge in [0.15, 0.2) is 0 Å². The zero-order chi connectivity index (χ0) is 13.8. The van der Waals surface area contributed by atoms with Crippen molar-refractivity contribution in [2.75, 3.05) is 0 Å². The Hall–Kier alpha value is -2.10. The summed E-state index contributed by atoms with van der Waals surface area (Å²) in [6.07, 6.45) is 3.34. The van der Waals surface area contributed by atoms with Crippen molar-refractivity contribution in [1.29, 1.82) is 0 Å². The number of hydrogen-bond donors (Lipinski definition) is 1. The lowest BCUT2D eigenvalue weighted by Crippen LogP contribution is -2.35. The molecule has 4 heteroatoms. The number of carbonyl (C=O) groups is 1. The van der Waals surface area contributed by atoms with Crippen molar-refractivity contribution in [1.82, 2.24) is 15.1 Å².